The zero-order valence-electron chi connectivity index (χ0n) is 11.2. The van der Waals surface area contributed by atoms with Crippen LogP contribution in [-0.4, -0.2) is 0 Å². The van der Waals surface area contributed by atoms with Crippen molar-refractivity contribution in [1.82, 2.24) is 0 Å². The van der Waals surface area contributed by atoms with Crippen LogP contribution in [0.4, 0.5) is 0 Å². The molecule has 5 aromatic carbocycles. The Kier molecular flexibility index (Phi) is 1.47. The molecule has 1 heteroatoms. The molecule has 6 aromatic rings. The van der Waals surface area contributed by atoms with Crippen LogP contribution in [0.1, 0.15) is 0 Å². The lowest BCUT2D eigenvalue weighted by molar-refractivity contribution is 0.760. The fourth-order valence-electron chi connectivity index (χ4n) is 3.83. The number of benzene rings is 5. The minimum Gasteiger partial charge on any atom is -0.449 e. The summed E-state index contributed by atoms with van der Waals surface area (Å²) in [6.07, 6.45) is 0. The predicted octanol–water partition coefficient (Wildman–Crippen LogP) is 5.92. The van der Waals surface area contributed by atoms with Gasteiger partial charge in [0.1, 0.15) is 0 Å². The monoisotopic (exact) mass is 266 g/mol. The van der Waals surface area contributed by atoms with Crippen molar-refractivity contribution in [3.8, 4) is 0 Å². The lowest BCUT2D eigenvalue weighted by Gasteiger charge is -2.12. The minimum absolute atomic E-state index is 1.03. The topological polar surface area (TPSA) is 13.1 Å². The maximum absolute atomic E-state index is 5.74. The van der Waals surface area contributed by atoms with Gasteiger partial charge in [0, 0.05) is 10.8 Å². The maximum atomic E-state index is 5.74. The second kappa shape index (κ2) is 3.09. The van der Waals surface area contributed by atoms with Crippen molar-refractivity contribution >= 4 is 54.3 Å². The molecule has 0 N–H and O–H groups in total. The molecule has 1 aromatic heterocycles. The Morgan fingerprint density at radius 1 is 0.571 bits per heavy atom. The summed E-state index contributed by atoms with van der Waals surface area (Å²) in [7, 11) is 0. The van der Waals surface area contributed by atoms with E-state index in [1.54, 1.807) is 0 Å². The Morgan fingerprint density at radius 2 is 1.24 bits per heavy atom. The highest BCUT2D eigenvalue weighted by atomic mass is 16.4. The van der Waals surface area contributed by atoms with Crippen LogP contribution in [0.25, 0.3) is 54.3 Å². The van der Waals surface area contributed by atoms with Crippen LogP contribution >= 0.6 is 0 Å². The van der Waals surface area contributed by atoms with Crippen LogP contribution in [-0.2, 0) is 0 Å². The van der Waals surface area contributed by atoms with E-state index in [4.69, 9.17) is 4.42 Å². The van der Waals surface area contributed by atoms with E-state index in [0.29, 0.717) is 0 Å². The molecule has 0 saturated heterocycles. The molecule has 0 saturated carbocycles. The normalized spacial score (nSPS) is 12.8. The Bertz CT molecular complexity index is 1270. The standard InChI is InChI=1S/C20H10O/c1-4-11-5-2-9-15-17(11)13(7-1)14-8-3-6-12-10-16-20(21-16)19(15)18(12)14/h1-10H. The van der Waals surface area contributed by atoms with Gasteiger partial charge in [-0.1, -0.05) is 54.6 Å². The molecule has 0 atom stereocenters. The summed E-state index contributed by atoms with van der Waals surface area (Å²) in [4.78, 5) is 0. The molecule has 6 rings (SSSR count). The van der Waals surface area contributed by atoms with E-state index < -0.39 is 0 Å². The minimum atomic E-state index is 1.03. The first-order chi connectivity index (χ1) is 10.4. The first-order valence-corrected chi connectivity index (χ1v) is 7.22. The van der Waals surface area contributed by atoms with Crippen LogP contribution in [0.15, 0.2) is 65.1 Å². The molecule has 0 unspecified atom stereocenters. The Hall–Kier alpha value is -2.80. The molecule has 0 aliphatic carbocycles. The molecule has 0 spiro atoms. The Labute approximate surface area is 120 Å². The largest absolute Gasteiger partial charge is 0.449 e. The van der Waals surface area contributed by atoms with Crippen LogP contribution in [0.3, 0.4) is 0 Å². The lowest BCUT2D eigenvalue weighted by Crippen LogP contribution is -1.85. The first-order valence-electron chi connectivity index (χ1n) is 7.22. The highest BCUT2D eigenvalue weighted by Gasteiger charge is 2.20. The van der Waals surface area contributed by atoms with Gasteiger partial charge in [0.25, 0.3) is 0 Å². The second-order valence-corrected chi connectivity index (χ2v) is 5.79. The molecule has 21 heavy (non-hydrogen) atoms. The quantitative estimate of drug-likeness (QED) is 0.245. The molecule has 96 valence electrons. The maximum Gasteiger partial charge on any atom is 0.178 e. The predicted molar refractivity (Wildman–Crippen MR) is 88.6 cm³/mol. The van der Waals surface area contributed by atoms with Gasteiger partial charge in [-0.3, -0.25) is 0 Å². The van der Waals surface area contributed by atoms with Crippen LogP contribution in [0.2, 0.25) is 0 Å². The van der Waals surface area contributed by atoms with Crippen molar-refractivity contribution in [2.24, 2.45) is 0 Å². The summed E-state index contributed by atoms with van der Waals surface area (Å²) in [6, 6.07) is 21.8. The van der Waals surface area contributed by atoms with E-state index >= 15 is 0 Å². The summed E-state index contributed by atoms with van der Waals surface area (Å²) in [5, 5.41) is 10.5. The summed E-state index contributed by atoms with van der Waals surface area (Å²) in [5.41, 5.74) is 2.10. The van der Waals surface area contributed by atoms with Gasteiger partial charge in [0.05, 0.1) is 0 Å². The number of hydrogen-bond acceptors (Lipinski definition) is 1. The van der Waals surface area contributed by atoms with E-state index in [1.165, 1.54) is 43.1 Å². The molecular weight excluding hydrogens is 256 g/mol. The van der Waals surface area contributed by atoms with Crippen molar-refractivity contribution in [3.05, 3.63) is 60.7 Å². The SMILES string of the molecule is c1cc2cccc3c2c(c1)c1cccc2cc4oc4c3c21. The molecule has 1 nitrogen and oxygen atoms in total. The van der Waals surface area contributed by atoms with Crippen LogP contribution in [0.5, 0.6) is 0 Å². The summed E-state index contributed by atoms with van der Waals surface area (Å²) in [5.74, 6) is 0. The van der Waals surface area contributed by atoms with Gasteiger partial charge in [-0.05, 0) is 38.4 Å². The molecule has 0 bridgehead atoms. The third-order valence-corrected chi connectivity index (χ3v) is 4.72. The van der Waals surface area contributed by atoms with Gasteiger partial charge in [-0.15, -0.1) is 0 Å². The fraction of sp³-hybridized carbons (Fsp3) is 0. The van der Waals surface area contributed by atoms with E-state index in [0.717, 1.165) is 11.2 Å². The highest BCUT2D eigenvalue weighted by molar-refractivity contribution is 6.37. The van der Waals surface area contributed by atoms with E-state index in [-0.39, 0.29) is 0 Å². The molecule has 1 heterocycles. The zero-order valence-corrected chi connectivity index (χ0v) is 11.2. The lowest BCUT2D eigenvalue weighted by atomic mass is 9.90. The molecule has 0 amide bonds. The molecule has 0 aliphatic rings. The van der Waals surface area contributed by atoms with E-state index in [1.807, 2.05) is 0 Å². The van der Waals surface area contributed by atoms with E-state index in [9.17, 15) is 0 Å². The van der Waals surface area contributed by atoms with Crippen molar-refractivity contribution < 1.29 is 4.42 Å². The molecular formula is C20H10O. The average molecular weight is 266 g/mol. The fourth-order valence-corrected chi connectivity index (χ4v) is 3.83. The molecule has 0 aliphatic heterocycles. The van der Waals surface area contributed by atoms with Gasteiger partial charge in [-0.2, -0.15) is 0 Å². The van der Waals surface area contributed by atoms with Crippen molar-refractivity contribution in [2.45, 2.75) is 0 Å². The van der Waals surface area contributed by atoms with Gasteiger partial charge in [0.2, 0.25) is 0 Å². The van der Waals surface area contributed by atoms with Gasteiger partial charge in [0.15, 0.2) is 11.2 Å². The second-order valence-electron chi connectivity index (χ2n) is 5.79. The Morgan fingerprint density at radius 3 is 2.05 bits per heavy atom. The first kappa shape index (κ1) is 10.0. The van der Waals surface area contributed by atoms with E-state index in [2.05, 4.69) is 60.7 Å². The van der Waals surface area contributed by atoms with Crippen molar-refractivity contribution in [3.63, 3.8) is 0 Å². The number of hydrogen-bond donors (Lipinski definition) is 0. The number of rotatable bonds is 0. The molecule has 0 radical (unpaired) electrons. The van der Waals surface area contributed by atoms with Crippen molar-refractivity contribution in [2.75, 3.05) is 0 Å². The summed E-state index contributed by atoms with van der Waals surface area (Å²) < 4.78 is 5.74. The van der Waals surface area contributed by atoms with Gasteiger partial charge in [-0.25, -0.2) is 0 Å². The van der Waals surface area contributed by atoms with Crippen LogP contribution < -0.4 is 0 Å². The highest BCUT2D eigenvalue weighted by Crippen LogP contribution is 2.45. The van der Waals surface area contributed by atoms with Gasteiger partial charge < -0.3 is 4.42 Å². The summed E-state index contributed by atoms with van der Waals surface area (Å²) >= 11 is 0. The van der Waals surface area contributed by atoms with Crippen molar-refractivity contribution in [1.29, 1.82) is 0 Å². The van der Waals surface area contributed by atoms with Crippen LogP contribution in [0, 0.1) is 0 Å². The average Bonchev–Trinajstić information content (AvgIpc) is 3.30. The zero-order chi connectivity index (χ0) is 13.6. The number of fused-ring (bicyclic) bond motifs is 4. The summed E-state index contributed by atoms with van der Waals surface area (Å²) in [6.45, 7) is 0. The molecule has 0 fully saturated rings. The Balaban J connectivity index is 2.17. The third kappa shape index (κ3) is 1.06. The third-order valence-electron chi connectivity index (χ3n) is 4.72. The van der Waals surface area contributed by atoms with Gasteiger partial charge >= 0.3 is 0 Å². The smallest absolute Gasteiger partial charge is 0.178 e.